The van der Waals surface area contributed by atoms with Crippen LogP contribution < -0.4 is 15.7 Å². The van der Waals surface area contributed by atoms with Crippen LogP contribution in [0.5, 0.6) is 0 Å². The van der Waals surface area contributed by atoms with Crippen LogP contribution in [0.25, 0.3) is 0 Å². The Kier molecular flexibility index (Phi) is 5.28. The minimum atomic E-state index is -0.402. The average molecular weight is 566 g/mol. The van der Waals surface area contributed by atoms with Crippen molar-refractivity contribution in [1.82, 2.24) is 0 Å². The number of nitrogens with zero attached hydrogens (tertiary/aromatic N) is 3. The summed E-state index contributed by atoms with van der Waals surface area (Å²) in [5.74, 6) is 0. The smallest absolute Gasteiger partial charge is 0.328 e. The molecule has 1 atom stereocenters. The molecule has 44 heavy (non-hydrogen) atoms. The molecule has 1 aliphatic carbocycles. The predicted molar refractivity (Wildman–Crippen MR) is 179 cm³/mol. The molecule has 3 nitrogen and oxygen atoms in total. The summed E-state index contributed by atoms with van der Waals surface area (Å²) in [6, 6.07) is 41.7. The molecule has 0 radical (unpaired) electrons. The highest BCUT2D eigenvalue weighted by Gasteiger charge is 2.54. The molecule has 0 amide bonds. The van der Waals surface area contributed by atoms with Gasteiger partial charge in [-0.3, -0.25) is 0 Å². The number of fused-ring (bicyclic) bond motifs is 6. The van der Waals surface area contributed by atoms with Gasteiger partial charge in [-0.1, -0.05) is 119 Å². The molecule has 0 fully saturated rings. The van der Waals surface area contributed by atoms with Crippen molar-refractivity contribution in [2.75, 3.05) is 4.81 Å². The van der Waals surface area contributed by atoms with Crippen LogP contribution in [0.4, 0.5) is 11.4 Å². The molecule has 0 bridgehead atoms. The summed E-state index contributed by atoms with van der Waals surface area (Å²) < 4.78 is 0. The van der Waals surface area contributed by atoms with Gasteiger partial charge in [0.15, 0.2) is 0 Å². The maximum Gasteiger partial charge on any atom is 0.328 e. The highest BCUT2D eigenvalue weighted by atomic mass is 15.1. The van der Waals surface area contributed by atoms with Crippen LogP contribution in [0.2, 0.25) is 0 Å². The number of anilines is 2. The van der Waals surface area contributed by atoms with E-state index < -0.39 is 5.41 Å². The van der Waals surface area contributed by atoms with Crippen LogP contribution in [0.3, 0.4) is 0 Å². The fraction of sp³-hybridized carbons (Fsp3) is 0.200. The lowest BCUT2D eigenvalue weighted by atomic mass is 9.37. The van der Waals surface area contributed by atoms with Crippen molar-refractivity contribution in [2.24, 2.45) is 0 Å². The molecule has 4 heteroatoms. The largest absolute Gasteiger partial charge is 0.374 e. The van der Waals surface area contributed by atoms with E-state index in [0.717, 1.165) is 22.5 Å². The maximum atomic E-state index is 10.6. The van der Waals surface area contributed by atoms with Crippen LogP contribution in [0.15, 0.2) is 103 Å². The summed E-state index contributed by atoms with van der Waals surface area (Å²) in [7, 11) is 0. The number of para-hydroxylation sites is 2. The van der Waals surface area contributed by atoms with E-state index in [2.05, 4.69) is 130 Å². The second-order valence-corrected chi connectivity index (χ2v) is 13.7. The van der Waals surface area contributed by atoms with Crippen LogP contribution in [-0.4, -0.2) is 6.85 Å². The van der Waals surface area contributed by atoms with E-state index in [-0.39, 0.29) is 17.7 Å². The fourth-order valence-electron chi connectivity index (χ4n) is 8.85. The second-order valence-electron chi connectivity index (χ2n) is 13.7. The summed E-state index contributed by atoms with van der Waals surface area (Å²) in [6.45, 7) is 11.2. The molecule has 0 N–H and O–H groups in total. The average Bonchev–Trinajstić information content (AvgIpc) is 3.05. The van der Waals surface area contributed by atoms with Gasteiger partial charge in [0.2, 0.25) is 0 Å². The van der Waals surface area contributed by atoms with Crippen LogP contribution in [0, 0.1) is 22.7 Å². The van der Waals surface area contributed by atoms with Crippen molar-refractivity contribution in [3.05, 3.63) is 153 Å². The Morgan fingerprint density at radius 2 is 0.955 bits per heavy atom. The first kappa shape index (κ1) is 26.6. The lowest BCUT2D eigenvalue weighted by Gasteiger charge is -2.53. The van der Waals surface area contributed by atoms with Gasteiger partial charge in [-0.2, -0.15) is 10.5 Å². The molecular weight excluding hydrogens is 533 g/mol. The number of benzene rings is 5. The van der Waals surface area contributed by atoms with Crippen LogP contribution in [0.1, 0.15) is 84.7 Å². The van der Waals surface area contributed by atoms with E-state index in [9.17, 15) is 10.5 Å². The Hall–Kier alpha value is -5.06. The van der Waals surface area contributed by atoms with Crippen molar-refractivity contribution in [3.63, 3.8) is 0 Å². The number of rotatable bonds is 1. The molecule has 2 aliphatic heterocycles. The van der Waals surface area contributed by atoms with E-state index in [1.54, 1.807) is 0 Å². The van der Waals surface area contributed by atoms with Gasteiger partial charge in [0.1, 0.15) is 12.1 Å². The molecule has 0 saturated carbocycles. The molecule has 0 spiro atoms. The maximum absolute atomic E-state index is 10.6. The number of hydrogen-bond donors (Lipinski definition) is 0. The lowest BCUT2D eigenvalue weighted by Crippen LogP contribution is -2.65. The van der Waals surface area contributed by atoms with Crippen molar-refractivity contribution in [3.8, 4) is 12.1 Å². The molecule has 1 unspecified atom stereocenters. The molecule has 3 aliphatic rings. The van der Waals surface area contributed by atoms with E-state index in [1.165, 1.54) is 38.7 Å². The first-order chi connectivity index (χ1) is 21.2. The molecule has 8 rings (SSSR count). The van der Waals surface area contributed by atoms with Gasteiger partial charge in [0.25, 0.3) is 0 Å². The molecule has 0 aromatic heterocycles. The van der Waals surface area contributed by atoms with Gasteiger partial charge in [-0.15, -0.1) is 0 Å². The normalized spacial score (nSPS) is 19.3. The van der Waals surface area contributed by atoms with Crippen molar-refractivity contribution in [2.45, 2.75) is 50.9 Å². The van der Waals surface area contributed by atoms with Gasteiger partial charge < -0.3 is 4.81 Å². The Morgan fingerprint density at radius 3 is 1.57 bits per heavy atom. The van der Waals surface area contributed by atoms with Crippen molar-refractivity contribution >= 4 is 29.1 Å². The molecule has 0 saturated heterocycles. The predicted octanol–water partition coefficient (Wildman–Crippen LogP) is 7.32. The standard InChI is InChI=1S/C40H32BN3/c1-38(2)27-15-6-7-16-28(27)40(5)29-17-8-9-21-33(29)41(34-22-12-18-30(38)35(34)40)44-36-25(23-42)13-10-19-31(36)39(3,4)32-20-11-14-26(24-43)37(32)44/h6-22H,1-5H3. The van der Waals surface area contributed by atoms with Crippen molar-refractivity contribution in [1.29, 1.82) is 10.5 Å². The topological polar surface area (TPSA) is 50.8 Å². The Bertz CT molecular complexity index is 2080. The summed E-state index contributed by atoms with van der Waals surface area (Å²) in [5, 5.41) is 21.1. The first-order valence-corrected chi connectivity index (χ1v) is 15.4. The highest BCUT2D eigenvalue weighted by molar-refractivity contribution is 6.90. The lowest BCUT2D eigenvalue weighted by molar-refractivity contribution is 0.544. The third kappa shape index (κ3) is 3.06. The van der Waals surface area contributed by atoms with Gasteiger partial charge in [0.05, 0.1) is 22.5 Å². The van der Waals surface area contributed by atoms with Crippen LogP contribution >= 0.6 is 0 Å². The third-order valence-corrected chi connectivity index (χ3v) is 10.9. The second kappa shape index (κ2) is 8.75. The Labute approximate surface area is 260 Å². The van der Waals surface area contributed by atoms with Gasteiger partial charge >= 0.3 is 6.85 Å². The summed E-state index contributed by atoms with van der Waals surface area (Å²) in [4.78, 5) is 2.34. The van der Waals surface area contributed by atoms with Gasteiger partial charge in [0, 0.05) is 16.2 Å². The van der Waals surface area contributed by atoms with E-state index in [4.69, 9.17) is 0 Å². The minimum Gasteiger partial charge on any atom is -0.374 e. The Morgan fingerprint density at radius 1 is 0.500 bits per heavy atom. The quantitative estimate of drug-likeness (QED) is 0.200. The minimum absolute atomic E-state index is 0.201. The number of hydrogen-bond acceptors (Lipinski definition) is 3. The SMILES string of the molecule is CC1(C)c2cccc(C#N)c2N(B2c3ccccc3C3(C)c4ccccc4C(C)(C)c4cccc2c43)c2c(C#N)cccc21. The molecule has 2 heterocycles. The monoisotopic (exact) mass is 565 g/mol. The third-order valence-electron chi connectivity index (χ3n) is 10.9. The Balaban J connectivity index is 1.55. The molecule has 5 aromatic carbocycles. The van der Waals surface area contributed by atoms with Gasteiger partial charge in [-0.25, -0.2) is 0 Å². The van der Waals surface area contributed by atoms with E-state index in [1.807, 2.05) is 24.3 Å². The summed E-state index contributed by atoms with van der Waals surface area (Å²) >= 11 is 0. The zero-order valence-electron chi connectivity index (χ0n) is 25.7. The van der Waals surface area contributed by atoms with Gasteiger partial charge in [-0.05, 0) is 68.9 Å². The zero-order valence-corrected chi connectivity index (χ0v) is 25.7. The molecule has 210 valence electrons. The highest BCUT2D eigenvalue weighted by Crippen LogP contribution is 2.55. The fourth-order valence-corrected chi connectivity index (χ4v) is 8.85. The number of nitriles is 2. The summed E-state index contributed by atoms with van der Waals surface area (Å²) in [6.07, 6.45) is 0. The van der Waals surface area contributed by atoms with E-state index in [0.29, 0.717) is 11.1 Å². The molecule has 5 aromatic rings. The molecular formula is C40H32BN3. The first-order valence-electron chi connectivity index (χ1n) is 15.4. The van der Waals surface area contributed by atoms with Crippen molar-refractivity contribution < 1.29 is 0 Å². The zero-order chi connectivity index (χ0) is 30.6. The van der Waals surface area contributed by atoms with E-state index >= 15 is 0 Å². The van der Waals surface area contributed by atoms with Crippen LogP contribution in [-0.2, 0) is 16.2 Å². The summed E-state index contributed by atoms with van der Waals surface area (Å²) in [5.41, 5.74) is 13.3.